The summed E-state index contributed by atoms with van der Waals surface area (Å²) in [5.41, 5.74) is 1.17. The number of aromatic nitrogens is 2. The minimum atomic E-state index is 0.0329. The summed E-state index contributed by atoms with van der Waals surface area (Å²) in [6.45, 7) is 3.11. The normalized spacial score (nSPS) is 18.6. The number of rotatable bonds is 6. The topological polar surface area (TPSA) is 60.6 Å². The van der Waals surface area contributed by atoms with E-state index >= 15 is 0 Å². The average molecular weight is 385 g/mol. The van der Waals surface area contributed by atoms with Crippen molar-refractivity contribution in [2.75, 3.05) is 20.8 Å². The number of nitrogens with zero attached hydrogens (tertiary/aromatic N) is 3. The highest BCUT2D eigenvalue weighted by atomic mass is 32.1. The minimum absolute atomic E-state index is 0.0329. The van der Waals surface area contributed by atoms with Crippen LogP contribution in [0.1, 0.15) is 43.3 Å². The molecule has 0 N–H and O–H groups in total. The summed E-state index contributed by atoms with van der Waals surface area (Å²) in [4.78, 5) is 3.41. The Morgan fingerprint density at radius 3 is 2.85 bits per heavy atom. The Bertz CT molecular complexity index is 894. The fraction of sp³-hybridized carbons (Fsp3) is 0.400. The summed E-state index contributed by atoms with van der Waals surface area (Å²) in [5, 5.41) is 10.6. The Hall–Kier alpha value is -2.38. The van der Waals surface area contributed by atoms with Crippen LogP contribution in [0.25, 0.3) is 10.8 Å². The van der Waals surface area contributed by atoms with Crippen molar-refractivity contribution in [3.8, 4) is 22.3 Å². The maximum absolute atomic E-state index is 5.97. The largest absolute Gasteiger partial charge is 0.497 e. The fourth-order valence-corrected chi connectivity index (χ4v) is 4.37. The number of methoxy groups -OCH3 is 2. The summed E-state index contributed by atoms with van der Waals surface area (Å²) < 4.78 is 16.9. The molecule has 3 heterocycles. The van der Waals surface area contributed by atoms with Crippen molar-refractivity contribution >= 4 is 11.3 Å². The van der Waals surface area contributed by atoms with E-state index in [2.05, 4.69) is 28.1 Å². The number of ether oxygens (including phenoxy) is 2. The molecule has 6 nitrogen and oxygen atoms in total. The lowest BCUT2D eigenvalue weighted by Crippen LogP contribution is -2.27. The van der Waals surface area contributed by atoms with Gasteiger partial charge < -0.3 is 13.9 Å². The molecule has 0 spiro atoms. The Balaban J connectivity index is 1.60. The van der Waals surface area contributed by atoms with E-state index in [1.807, 2.05) is 29.6 Å². The molecule has 0 unspecified atom stereocenters. The Morgan fingerprint density at radius 2 is 2.11 bits per heavy atom. The Labute approximate surface area is 162 Å². The van der Waals surface area contributed by atoms with Gasteiger partial charge in [0.1, 0.15) is 11.5 Å². The zero-order chi connectivity index (χ0) is 18.8. The first-order chi connectivity index (χ1) is 13.2. The van der Waals surface area contributed by atoms with Crippen LogP contribution in [0, 0.1) is 0 Å². The van der Waals surface area contributed by atoms with E-state index in [0.29, 0.717) is 11.8 Å². The molecule has 7 heteroatoms. The van der Waals surface area contributed by atoms with E-state index in [4.69, 9.17) is 13.9 Å². The van der Waals surface area contributed by atoms with Crippen LogP contribution in [0.15, 0.2) is 40.1 Å². The second-order valence-electron chi connectivity index (χ2n) is 6.60. The molecule has 0 saturated carbocycles. The van der Waals surface area contributed by atoms with Gasteiger partial charge in [-0.2, -0.15) is 0 Å². The first-order valence-corrected chi connectivity index (χ1v) is 9.94. The molecule has 2 atom stereocenters. The highest BCUT2D eigenvalue weighted by Gasteiger charge is 2.34. The first kappa shape index (κ1) is 18.0. The van der Waals surface area contributed by atoms with Crippen LogP contribution < -0.4 is 9.47 Å². The van der Waals surface area contributed by atoms with Gasteiger partial charge in [-0.25, -0.2) is 0 Å². The standard InChI is InChI=1S/C20H23N3O3S/c1-13(19-21-22-20(26-19)18-7-5-11-27-18)23-10-4-6-16(23)15-9-8-14(24-2)12-17(15)25-3/h5,7-9,11-13,16H,4,6,10H2,1-3H3/t13-,16-/m0/s1. The van der Waals surface area contributed by atoms with Crippen molar-refractivity contribution < 1.29 is 13.9 Å². The number of hydrogen-bond donors (Lipinski definition) is 0. The minimum Gasteiger partial charge on any atom is -0.497 e. The lowest BCUT2D eigenvalue weighted by atomic mass is 10.0. The SMILES string of the molecule is COc1ccc([C@@H]2CCCN2[C@@H](C)c2nnc(-c3cccs3)o2)c(OC)c1. The van der Waals surface area contributed by atoms with E-state index in [1.54, 1.807) is 25.6 Å². The molecule has 142 valence electrons. The predicted molar refractivity (Wildman–Crippen MR) is 104 cm³/mol. The van der Waals surface area contributed by atoms with Crippen LogP contribution in [0.4, 0.5) is 0 Å². The van der Waals surface area contributed by atoms with Gasteiger partial charge in [0.05, 0.1) is 25.1 Å². The van der Waals surface area contributed by atoms with Crippen molar-refractivity contribution in [3.05, 3.63) is 47.2 Å². The van der Waals surface area contributed by atoms with Crippen LogP contribution >= 0.6 is 11.3 Å². The smallest absolute Gasteiger partial charge is 0.257 e. The van der Waals surface area contributed by atoms with Gasteiger partial charge in [0.25, 0.3) is 5.89 Å². The van der Waals surface area contributed by atoms with Crippen molar-refractivity contribution in [1.29, 1.82) is 0 Å². The molecular weight excluding hydrogens is 362 g/mol. The lowest BCUT2D eigenvalue weighted by molar-refractivity contribution is 0.166. The lowest BCUT2D eigenvalue weighted by Gasteiger charge is -2.29. The molecule has 3 aromatic rings. The molecule has 1 aromatic carbocycles. The molecule has 27 heavy (non-hydrogen) atoms. The van der Waals surface area contributed by atoms with Gasteiger partial charge in [-0.1, -0.05) is 12.1 Å². The van der Waals surface area contributed by atoms with Crippen molar-refractivity contribution in [1.82, 2.24) is 15.1 Å². The number of benzene rings is 1. The van der Waals surface area contributed by atoms with E-state index < -0.39 is 0 Å². The first-order valence-electron chi connectivity index (χ1n) is 9.06. The third-order valence-corrected chi connectivity index (χ3v) is 5.98. The van der Waals surface area contributed by atoms with E-state index in [0.717, 1.165) is 35.8 Å². The molecule has 0 bridgehead atoms. The van der Waals surface area contributed by atoms with Crippen LogP contribution in [-0.2, 0) is 0 Å². The Morgan fingerprint density at radius 1 is 1.22 bits per heavy atom. The summed E-state index contributed by atoms with van der Waals surface area (Å²) in [5.74, 6) is 2.89. The predicted octanol–water partition coefficient (Wildman–Crippen LogP) is 4.71. The summed E-state index contributed by atoms with van der Waals surface area (Å²) in [6, 6.07) is 10.3. The van der Waals surface area contributed by atoms with Crippen LogP contribution in [0.3, 0.4) is 0 Å². The van der Waals surface area contributed by atoms with Crippen LogP contribution in [0.2, 0.25) is 0 Å². The van der Waals surface area contributed by atoms with Crippen molar-refractivity contribution in [2.24, 2.45) is 0 Å². The molecule has 1 aliphatic rings. The second-order valence-corrected chi connectivity index (χ2v) is 7.55. The summed E-state index contributed by atoms with van der Waals surface area (Å²) >= 11 is 1.60. The van der Waals surface area contributed by atoms with Crippen molar-refractivity contribution in [2.45, 2.75) is 31.8 Å². The fourth-order valence-electron chi connectivity index (χ4n) is 3.73. The molecule has 1 fully saturated rings. The van der Waals surface area contributed by atoms with Gasteiger partial charge in [0, 0.05) is 17.7 Å². The molecule has 0 amide bonds. The van der Waals surface area contributed by atoms with E-state index in [-0.39, 0.29) is 12.1 Å². The number of hydrogen-bond acceptors (Lipinski definition) is 7. The van der Waals surface area contributed by atoms with Gasteiger partial charge >= 0.3 is 0 Å². The van der Waals surface area contributed by atoms with Crippen LogP contribution in [-0.4, -0.2) is 35.9 Å². The maximum atomic E-state index is 5.97. The quantitative estimate of drug-likeness (QED) is 0.612. The molecule has 1 aliphatic heterocycles. The zero-order valence-corrected chi connectivity index (χ0v) is 16.5. The van der Waals surface area contributed by atoms with Crippen LogP contribution in [0.5, 0.6) is 11.5 Å². The average Bonchev–Trinajstić information content (AvgIpc) is 3.47. The Kier molecular flexibility index (Phi) is 5.13. The number of thiophene rings is 1. The van der Waals surface area contributed by atoms with Crippen molar-refractivity contribution in [3.63, 3.8) is 0 Å². The van der Waals surface area contributed by atoms with Gasteiger partial charge in [0.15, 0.2) is 0 Å². The van der Waals surface area contributed by atoms with Gasteiger partial charge in [-0.05, 0) is 43.8 Å². The molecule has 1 saturated heterocycles. The van der Waals surface area contributed by atoms with Gasteiger partial charge in [0.2, 0.25) is 5.89 Å². The molecule has 0 radical (unpaired) electrons. The number of likely N-dealkylation sites (tertiary alicyclic amines) is 1. The molecule has 2 aromatic heterocycles. The van der Waals surface area contributed by atoms with E-state index in [1.165, 1.54) is 5.56 Å². The third-order valence-electron chi connectivity index (χ3n) is 5.12. The second kappa shape index (κ2) is 7.70. The maximum Gasteiger partial charge on any atom is 0.257 e. The monoisotopic (exact) mass is 385 g/mol. The van der Waals surface area contributed by atoms with Gasteiger partial charge in [-0.3, -0.25) is 4.90 Å². The summed E-state index contributed by atoms with van der Waals surface area (Å²) in [7, 11) is 3.37. The molecule has 0 aliphatic carbocycles. The third kappa shape index (κ3) is 3.44. The highest BCUT2D eigenvalue weighted by Crippen LogP contribution is 2.42. The summed E-state index contributed by atoms with van der Waals surface area (Å²) in [6.07, 6.45) is 2.19. The zero-order valence-electron chi connectivity index (χ0n) is 15.7. The van der Waals surface area contributed by atoms with Gasteiger partial charge in [-0.15, -0.1) is 21.5 Å². The van der Waals surface area contributed by atoms with E-state index in [9.17, 15) is 0 Å². The molecule has 4 rings (SSSR count). The highest BCUT2D eigenvalue weighted by molar-refractivity contribution is 7.13. The molecular formula is C20H23N3O3S.